The number of rotatable bonds is 7. The Morgan fingerprint density at radius 2 is 1.79 bits per heavy atom. The molecule has 5 aliphatic heterocycles. The summed E-state index contributed by atoms with van der Waals surface area (Å²) in [4.78, 5) is 7.12. The Bertz CT molecular complexity index is 727. The summed E-state index contributed by atoms with van der Waals surface area (Å²) in [6.07, 6.45) is 11.2. The van der Waals surface area contributed by atoms with Gasteiger partial charge in [0.1, 0.15) is 12.2 Å². The zero-order valence-corrected chi connectivity index (χ0v) is 21.7. The van der Waals surface area contributed by atoms with Gasteiger partial charge in [-0.2, -0.15) is 0 Å². The number of hydrogen-bond donors (Lipinski definition) is 3. The Labute approximate surface area is 202 Å². The van der Waals surface area contributed by atoms with Crippen LogP contribution in [0.3, 0.4) is 0 Å². The molecule has 0 aromatic heterocycles. The summed E-state index contributed by atoms with van der Waals surface area (Å²) in [5.74, 6) is 2.28. The lowest BCUT2D eigenvalue weighted by molar-refractivity contribution is -0.945. The van der Waals surface area contributed by atoms with E-state index in [1.807, 2.05) is 0 Å². The van der Waals surface area contributed by atoms with Crippen molar-refractivity contribution in [1.82, 2.24) is 14.5 Å². The quantitative estimate of drug-likeness (QED) is 0.455. The van der Waals surface area contributed by atoms with E-state index in [1.54, 1.807) is 4.90 Å². The van der Waals surface area contributed by atoms with E-state index in [-0.39, 0.29) is 5.25 Å². The number of hydrogen-bond acceptors (Lipinski definition) is 4. The lowest BCUT2D eigenvalue weighted by Crippen LogP contribution is -3.20. The van der Waals surface area contributed by atoms with Gasteiger partial charge in [-0.25, -0.2) is 13.1 Å². The van der Waals surface area contributed by atoms with Crippen LogP contribution in [-0.4, -0.2) is 94.6 Å². The fraction of sp³-hybridized carbons (Fsp3) is 1.00. The van der Waals surface area contributed by atoms with Crippen molar-refractivity contribution in [3.8, 4) is 0 Å². The molecule has 5 saturated heterocycles. The highest BCUT2D eigenvalue weighted by Gasteiger charge is 2.44. The molecule has 1 saturated carbocycles. The summed E-state index contributed by atoms with van der Waals surface area (Å²) >= 11 is 0. The smallest absolute Gasteiger partial charge is 0.214 e. The van der Waals surface area contributed by atoms with Crippen molar-refractivity contribution < 1.29 is 18.6 Å². The number of quaternary nitrogens is 2. The van der Waals surface area contributed by atoms with Gasteiger partial charge in [-0.3, -0.25) is 4.90 Å². The first-order valence-corrected chi connectivity index (χ1v) is 15.7. The van der Waals surface area contributed by atoms with Crippen LogP contribution >= 0.6 is 0 Å². The number of nitrogens with one attached hydrogen (secondary N) is 2. The summed E-state index contributed by atoms with van der Waals surface area (Å²) in [6.45, 7) is 12.9. The summed E-state index contributed by atoms with van der Waals surface area (Å²) < 4.78 is 28.8. The van der Waals surface area contributed by atoms with Gasteiger partial charge < -0.3 is 15.1 Å². The minimum absolute atomic E-state index is 0.155. The molecular formula is C25H49N5O2S+2. The van der Waals surface area contributed by atoms with E-state index >= 15 is 0 Å². The van der Waals surface area contributed by atoms with Crippen molar-refractivity contribution in [2.75, 3.05) is 58.9 Å². The molecule has 6 fully saturated rings. The van der Waals surface area contributed by atoms with Crippen LogP contribution in [0.15, 0.2) is 0 Å². The Kier molecular flexibility index (Phi) is 7.99. The maximum atomic E-state index is 12.9. The van der Waals surface area contributed by atoms with Crippen molar-refractivity contribution >= 4 is 10.0 Å². The topological polar surface area (TPSA) is 73.7 Å². The van der Waals surface area contributed by atoms with Gasteiger partial charge >= 0.3 is 0 Å². The lowest BCUT2D eigenvalue weighted by atomic mass is 9.75. The lowest BCUT2D eigenvalue weighted by Gasteiger charge is -2.49. The Morgan fingerprint density at radius 3 is 2.45 bits per heavy atom. The highest BCUT2D eigenvalue weighted by atomic mass is 32.2. The Hall–Kier alpha value is -0.250. The molecule has 6 rings (SSSR count). The standard InChI is InChI=1S/C25H47N5O2S/c1-20-5-7-24(8-6-20)33(31,32)27-17-23-16-21-9-11-30(23)19-22(21)18-28-12-14-29(15-13-28)25-4-2-3-10-26-25/h20-27H,2-19H2,1H3/p+2. The molecule has 0 spiro atoms. The number of sulfonamides is 1. The van der Waals surface area contributed by atoms with E-state index in [0.29, 0.717) is 18.5 Å². The molecule has 0 amide bonds. The van der Waals surface area contributed by atoms with Crippen LogP contribution in [0.25, 0.3) is 0 Å². The summed E-state index contributed by atoms with van der Waals surface area (Å²) in [7, 11) is -3.15. The summed E-state index contributed by atoms with van der Waals surface area (Å²) in [5, 5.41) is 2.41. The minimum atomic E-state index is -3.15. The fourth-order valence-electron chi connectivity index (χ4n) is 7.61. The number of nitrogens with two attached hydrogens (primary N) is 1. The second-order valence-electron chi connectivity index (χ2n) is 12.1. The van der Waals surface area contributed by atoms with E-state index in [2.05, 4.69) is 26.8 Å². The molecular weight excluding hydrogens is 434 g/mol. The minimum Gasteiger partial charge on any atom is -0.331 e. The molecule has 0 aromatic rings. The summed E-state index contributed by atoms with van der Waals surface area (Å²) in [6, 6.07) is 0.482. The predicted molar refractivity (Wildman–Crippen MR) is 131 cm³/mol. The van der Waals surface area contributed by atoms with Gasteiger partial charge in [0.2, 0.25) is 10.0 Å². The van der Waals surface area contributed by atoms with Crippen molar-refractivity contribution in [1.29, 1.82) is 0 Å². The third kappa shape index (κ3) is 5.95. The molecule has 33 heavy (non-hydrogen) atoms. The van der Waals surface area contributed by atoms with Crippen molar-refractivity contribution in [3.63, 3.8) is 0 Å². The number of fused-ring (bicyclic) bond motifs is 3. The molecule has 2 bridgehead atoms. The molecule has 5 atom stereocenters. The van der Waals surface area contributed by atoms with E-state index in [9.17, 15) is 8.42 Å². The van der Waals surface area contributed by atoms with Crippen molar-refractivity contribution in [3.05, 3.63) is 0 Å². The van der Waals surface area contributed by atoms with Gasteiger partial charge in [0.05, 0.1) is 31.4 Å². The van der Waals surface area contributed by atoms with Crippen LogP contribution in [0.5, 0.6) is 0 Å². The first kappa shape index (κ1) is 24.4. The zero-order chi connectivity index (χ0) is 22.8. The van der Waals surface area contributed by atoms with Crippen LogP contribution in [0.2, 0.25) is 0 Å². The van der Waals surface area contributed by atoms with Gasteiger partial charge in [-0.1, -0.05) is 6.92 Å². The molecule has 6 aliphatic rings. The first-order valence-electron chi connectivity index (χ1n) is 14.1. The van der Waals surface area contributed by atoms with E-state index < -0.39 is 10.0 Å². The highest BCUT2D eigenvalue weighted by molar-refractivity contribution is 7.90. The largest absolute Gasteiger partial charge is 0.331 e. The summed E-state index contributed by atoms with van der Waals surface area (Å²) in [5.41, 5.74) is 0. The van der Waals surface area contributed by atoms with Gasteiger partial charge in [0.25, 0.3) is 0 Å². The molecule has 7 nitrogen and oxygen atoms in total. The molecule has 5 unspecified atom stereocenters. The highest BCUT2D eigenvalue weighted by Crippen LogP contribution is 2.29. The maximum absolute atomic E-state index is 12.9. The Balaban J connectivity index is 1.06. The molecule has 8 heteroatoms. The molecule has 4 N–H and O–H groups in total. The van der Waals surface area contributed by atoms with E-state index in [0.717, 1.165) is 43.7 Å². The van der Waals surface area contributed by atoms with Crippen molar-refractivity contribution in [2.45, 2.75) is 82.2 Å². The second kappa shape index (κ2) is 10.8. The fourth-order valence-corrected chi connectivity index (χ4v) is 9.17. The van der Waals surface area contributed by atoms with Crippen LogP contribution in [0, 0.1) is 17.8 Å². The third-order valence-electron chi connectivity index (χ3n) is 9.89. The zero-order valence-electron chi connectivity index (χ0n) is 20.9. The SMILES string of the molecule is CC1CCC(S(=O)(=O)NCC2CC3CC[NH+]2CC3CN2CCN(C3CCCC[NH2+]3)CC2)CC1. The molecule has 1 aliphatic carbocycles. The normalized spacial score (nSPS) is 41.3. The number of nitrogens with zero attached hydrogens (tertiary/aromatic N) is 2. The molecule has 5 heterocycles. The van der Waals surface area contributed by atoms with Crippen LogP contribution in [-0.2, 0) is 10.0 Å². The molecule has 0 radical (unpaired) electrons. The average Bonchev–Trinajstić information content (AvgIpc) is 2.85. The van der Waals surface area contributed by atoms with Crippen LogP contribution in [0.1, 0.15) is 64.7 Å². The van der Waals surface area contributed by atoms with E-state index in [4.69, 9.17) is 0 Å². The molecule has 0 aromatic carbocycles. The monoisotopic (exact) mass is 483 g/mol. The van der Waals surface area contributed by atoms with Gasteiger partial charge in [-0.05, 0) is 50.4 Å². The van der Waals surface area contributed by atoms with Gasteiger partial charge in [-0.15, -0.1) is 0 Å². The maximum Gasteiger partial charge on any atom is 0.214 e. The van der Waals surface area contributed by atoms with Gasteiger partial charge in [0, 0.05) is 57.9 Å². The van der Waals surface area contributed by atoms with Gasteiger partial charge in [0.15, 0.2) is 0 Å². The number of piperidine rings is 4. The molecule has 190 valence electrons. The second-order valence-corrected chi connectivity index (χ2v) is 14.1. The number of piperazine rings is 1. The first-order chi connectivity index (χ1) is 16.0. The van der Waals surface area contributed by atoms with Crippen molar-refractivity contribution in [2.24, 2.45) is 17.8 Å². The predicted octanol–water partition coefficient (Wildman–Crippen LogP) is -0.531. The average molecular weight is 484 g/mol. The van der Waals surface area contributed by atoms with Crippen LogP contribution < -0.4 is 14.9 Å². The van der Waals surface area contributed by atoms with Crippen LogP contribution in [0.4, 0.5) is 0 Å². The third-order valence-corrected chi connectivity index (χ3v) is 11.8. The van der Waals surface area contributed by atoms with E-state index in [1.165, 1.54) is 84.5 Å². The Morgan fingerprint density at radius 1 is 1.00 bits per heavy atom.